The van der Waals surface area contributed by atoms with E-state index in [0.29, 0.717) is 10.8 Å². The Labute approximate surface area is 116 Å². The van der Waals surface area contributed by atoms with Crippen molar-refractivity contribution < 1.29 is 4.39 Å². The van der Waals surface area contributed by atoms with Gasteiger partial charge >= 0.3 is 0 Å². The van der Waals surface area contributed by atoms with Gasteiger partial charge in [0.1, 0.15) is 11.6 Å². The number of nitrogens with two attached hydrogens (primary N) is 1. The van der Waals surface area contributed by atoms with Crippen LogP contribution in [0.5, 0.6) is 0 Å². The number of hydrogen-bond donors (Lipinski definition) is 2. The first-order chi connectivity index (χ1) is 9.13. The molecule has 0 saturated heterocycles. The summed E-state index contributed by atoms with van der Waals surface area (Å²) in [4.78, 5) is 4.08. The summed E-state index contributed by atoms with van der Waals surface area (Å²) in [5.41, 5.74) is 7.51. The second-order valence-electron chi connectivity index (χ2n) is 4.13. The maximum atomic E-state index is 13.1. The molecule has 1 heterocycles. The Hall–Kier alpha value is -1.65. The van der Waals surface area contributed by atoms with Crippen LogP contribution < -0.4 is 11.1 Å². The molecule has 0 saturated carbocycles. The van der Waals surface area contributed by atoms with Crippen molar-refractivity contribution in [1.82, 2.24) is 10.3 Å². The summed E-state index contributed by atoms with van der Waals surface area (Å²) in [5.74, 6) is 0.0806. The van der Waals surface area contributed by atoms with Crippen LogP contribution in [0.25, 0.3) is 0 Å². The van der Waals surface area contributed by atoms with Crippen molar-refractivity contribution >= 4 is 17.4 Å². The molecule has 2 rings (SSSR count). The van der Waals surface area contributed by atoms with E-state index in [-0.39, 0.29) is 11.9 Å². The summed E-state index contributed by atoms with van der Waals surface area (Å²) in [7, 11) is 0. The van der Waals surface area contributed by atoms with Gasteiger partial charge in [0, 0.05) is 16.8 Å². The minimum Gasteiger partial charge on any atom is -0.383 e. The summed E-state index contributed by atoms with van der Waals surface area (Å²) < 4.78 is 13.1. The SMILES string of the molecule is CCNC(c1ccc(F)cc1Cl)c1cccnc1N. The third-order valence-corrected chi connectivity index (χ3v) is 3.19. The summed E-state index contributed by atoms with van der Waals surface area (Å²) in [6, 6.07) is 7.85. The first-order valence-electron chi connectivity index (χ1n) is 6.02. The maximum absolute atomic E-state index is 13.1. The number of nitrogens with one attached hydrogen (secondary N) is 1. The second-order valence-corrected chi connectivity index (χ2v) is 4.54. The highest BCUT2D eigenvalue weighted by atomic mass is 35.5. The molecule has 0 amide bonds. The number of halogens is 2. The molecule has 0 aliphatic rings. The molecule has 5 heteroatoms. The van der Waals surface area contributed by atoms with E-state index in [1.165, 1.54) is 12.1 Å². The summed E-state index contributed by atoms with van der Waals surface area (Å²) in [5, 5.41) is 3.66. The lowest BCUT2D eigenvalue weighted by molar-refractivity contribution is 0.614. The smallest absolute Gasteiger partial charge is 0.128 e. The van der Waals surface area contributed by atoms with Crippen LogP contribution in [0, 0.1) is 5.82 Å². The van der Waals surface area contributed by atoms with E-state index in [2.05, 4.69) is 10.3 Å². The quantitative estimate of drug-likeness (QED) is 0.904. The molecule has 1 unspecified atom stereocenters. The molecule has 19 heavy (non-hydrogen) atoms. The Morgan fingerprint density at radius 3 is 2.79 bits per heavy atom. The van der Waals surface area contributed by atoms with Crippen LogP contribution in [0.2, 0.25) is 5.02 Å². The lowest BCUT2D eigenvalue weighted by Gasteiger charge is -2.21. The number of nitrogens with zero attached hydrogens (tertiary/aromatic N) is 1. The van der Waals surface area contributed by atoms with E-state index in [1.807, 2.05) is 19.1 Å². The molecule has 1 aromatic heterocycles. The van der Waals surface area contributed by atoms with Crippen molar-refractivity contribution in [3.05, 3.63) is 58.5 Å². The normalized spacial score (nSPS) is 12.4. The molecule has 0 radical (unpaired) electrons. The first-order valence-corrected chi connectivity index (χ1v) is 6.40. The van der Waals surface area contributed by atoms with Crippen LogP contribution in [0.4, 0.5) is 10.2 Å². The maximum Gasteiger partial charge on any atom is 0.128 e. The predicted octanol–water partition coefficient (Wildman–Crippen LogP) is 3.16. The molecule has 0 spiro atoms. The largest absolute Gasteiger partial charge is 0.383 e. The summed E-state index contributed by atoms with van der Waals surface area (Å²) in [6.45, 7) is 2.71. The van der Waals surface area contributed by atoms with Crippen molar-refractivity contribution in [2.75, 3.05) is 12.3 Å². The van der Waals surface area contributed by atoms with Gasteiger partial charge in [0.15, 0.2) is 0 Å². The monoisotopic (exact) mass is 279 g/mol. The zero-order valence-electron chi connectivity index (χ0n) is 10.5. The van der Waals surface area contributed by atoms with Crippen LogP contribution in [-0.2, 0) is 0 Å². The third-order valence-electron chi connectivity index (χ3n) is 2.86. The number of anilines is 1. The van der Waals surface area contributed by atoms with E-state index in [9.17, 15) is 4.39 Å². The Morgan fingerprint density at radius 2 is 2.16 bits per heavy atom. The Bertz CT molecular complexity index is 574. The molecule has 0 aliphatic carbocycles. The molecular weight excluding hydrogens is 265 g/mol. The van der Waals surface area contributed by atoms with Gasteiger partial charge in [-0.3, -0.25) is 0 Å². The van der Waals surface area contributed by atoms with Crippen LogP contribution in [0.15, 0.2) is 36.5 Å². The van der Waals surface area contributed by atoms with Crippen LogP contribution in [0.3, 0.4) is 0 Å². The minimum atomic E-state index is -0.358. The van der Waals surface area contributed by atoms with Gasteiger partial charge in [-0.25, -0.2) is 9.37 Å². The summed E-state index contributed by atoms with van der Waals surface area (Å²) in [6.07, 6.45) is 1.63. The topological polar surface area (TPSA) is 50.9 Å². The van der Waals surface area contributed by atoms with Crippen molar-refractivity contribution in [2.45, 2.75) is 13.0 Å². The minimum absolute atomic E-state index is 0.202. The van der Waals surface area contributed by atoms with Crippen molar-refractivity contribution in [3.8, 4) is 0 Å². The fourth-order valence-corrected chi connectivity index (χ4v) is 2.28. The molecule has 0 fully saturated rings. The van der Waals surface area contributed by atoms with Gasteiger partial charge in [-0.05, 0) is 30.3 Å². The molecule has 3 nitrogen and oxygen atoms in total. The Morgan fingerprint density at radius 1 is 1.37 bits per heavy atom. The fraction of sp³-hybridized carbons (Fsp3) is 0.214. The van der Waals surface area contributed by atoms with Crippen LogP contribution >= 0.6 is 11.6 Å². The lowest BCUT2D eigenvalue weighted by Crippen LogP contribution is -2.23. The van der Waals surface area contributed by atoms with E-state index in [0.717, 1.165) is 17.7 Å². The average molecular weight is 280 g/mol. The standard InChI is InChI=1S/C14H15ClFN3/c1-2-18-13(11-4-3-7-19-14(11)17)10-6-5-9(16)8-12(10)15/h3-8,13,18H,2H2,1H3,(H2,17,19). The Balaban J connectivity index is 2.48. The molecule has 3 N–H and O–H groups in total. The van der Waals surface area contributed by atoms with Gasteiger partial charge in [0.05, 0.1) is 6.04 Å². The highest BCUT2D eigenvalue weighted by Gasteiger charge is 2.19. The van der Waals surface area contributed by atoms with Crippen LogP contribution in [-0.4, -0.2) is 11.5 Å². The Kier molecular flexibility index (Phi) is 4.35. The average Bonchev–Trinajstić information content (AvgIpc) is 2.38. The number of hydrogen-bond acceptors (Lipinski definition) is 3. The molecule has 1 atom stereocenters. The number of benzene rings is 1. The number of pyridine rings is 1. The number of aromatic nitrogens is 1. The highest BCUT2D eigenvalue weighted by Crippen LogP contribution is 2.30. The first kappa shape index (κ1) is 13.8. The van der Waals surface area contributed by atoms with Gasteiger partial charge in [-0.1, -0.05) is 30.7 Å². The third kappa shape index (κ3) is 3.03. The van der Waals surface area contributed by atoms with Crippen LogP contribution in [0.1, 0.15) is 24.1 Å². The fourth-order valence-electron chi connectivity index (χ4n) is 2.00. The molecule has 1 aromatic carbocycles. The lowest BCUT2D eigenvalue weighted by atomic mass is 9.99. The van der Waals surface area contributed by atoms with Gasteiger partial charge in [0.25, 0.3) is 0 Å². The molecular formula is C14H15ClFN3. The number of rotatable bonds is 4. The second kappa shape index (κ2) is 5.99. The van der Waals surface area contributed by atoms with E-state index < -0.39 is 0 Å². The van der Waals surface area contributed by atoms with Crippen molar-refractivity contribution in [3.63, 3.8) is 0 Å². The molecule has 0 bridgehead atoms. The zero-order valence-corrected chi connectivity index (χ0v) is 11.3. The zero-order chi connectivity index (χ0) is 13.8. The van der Waals surface area contributed by atoms with Crippen molar-refractivity contribution in [2.24, 2.45) is 0 Å². The van der Waals surface area contributed by atoms with E-state index >= 15 is 0 Å². The molecule has 100 valence electrons. The molecule has 0 aliphatic heterocycles. The van der Waals surface area contributed by atoms with Gasteiger partial charge in [0.2, 0.25) is 0 Å². The highest BCUT2D eigenvalue weighted by molar-refractivity contribution is 6.31. The van der Waals surface area contributed by atoms with Gasteiger partial charge < -0.3 is 11.1 Å². The molecule has 2 aromatic rings. The van der Waals surface area contributed by atoms with Gasteiger partial charge in [-0.15, -0.1) is 0 Å². The van der Waals surface area contributed by atoms with E-state index in [4.69, 9.17) is 17.3 Å². The number of nitrogen functional groups attached to an aromatic ring is 1. The van der Waals surface area contributed by atoms with Crippen molar-refractivity contribution in [1.29, 1.82) is 0 Å². The predicted molar refractivity (Wildman–Crippen MR) is 75.6 cm³/mol. The summed E-state index contributed by atoms with van der Waals surface area (Å²) >= 11 is 6.12. The van der Waals surface area contributed by atoms with E-state index in [1.54, 1.807) is 12.3 Å². The van der Waals surface area contributed by atoms with Gasteiger partial charge in [-0.2, -0.15) is 0 Å².